The highest BCUT2D eigenvalue weighted by Crippen LogP contribution is 2.22. The number of hydrogen-bond acceptors (Lipinski definition) is 4. The number of carbonyl (C=O) groups excluding carboxylic acids is 1. The molecular weight excluding hydrogens is 250 g/mol. The second kappa shape index (κ2) is 5.71. The van der Waals surface area contributed by atoms with Gasteiger partial charge in [0.15, 0.2) is 0 Å². The van der Waals surface area contributed by atoms with Gasteiger partial charge in [0.05, 0.1) is 12.5 Å². The van der Waals surface area contributed by atoms with Gasteiger partial charge in [0.1, 0.15) is 11.3 Å². The smallest absolute Gasteiger partial charge is 0.339 e. The van der Waals surface area contributed by atoms with Gasteiger partial charge in [-0.1, -0.05) is 0 Å². The van der Waals surface area contributed by atoms with Gasteiger partial charge in [-0.2, -0.15) is 0 Å². The quantitative estimate of drug-likeness (QED) is 0.768. The molecule has 0 spiro atoms. The first-order chi connectivity index (χ1) is 9.06. The highest BCUT2D eigenvalue weighted by Gasteiger charge is 2.19. The van der Waals surface area contributed by atoms with E-state index >= 15 is 0 Å². The van der Waals surface area contributed by atoms with Crippen molar-refractivity contribution in [2.24, 2.45) is 0 Å². The third-order valence-corrected chi connectivity index (χ3v) is 2.95. The molecule has 102 valence electrons. The number of carbonyl (C=O) groups is 2. The average molecular weight is 265 g/mol. The van der Waals surface area contributed by atoms with E-state index in [1.165, 1.54) is 18.2 Å². The normalized spacial score (nSPS) is 18.2. The Morgan fingerprint density at radius 3 is 2.79 bits per heavy atom. The Morgan fingerprint density at radius 2 is 2.21 bits per heavy atom. The van der Waals surface area contributed by atoms with Crippen LogP contribution in [0.3, 0.4) is 0 Å². The second-order valence-electron chi connectivity index (χ2n) is 4.42. The molecule has 19 heavy (non-hydrogen) atoms. The summed E-state index contributed by atoms with van der Waals surface area (Å²) in [5.41, 5.74) is 0.169. The molecule has 3 N–H and O–H groups in total. The minimum Gasteiger partial charge on any atom is -0.507 e. The van der Waals surface area contributed by atoms with Crippen LogP contribution in [-0.4, -0.2) is 34.8 Å². The summed E-state index contributed by atoms with van der Waals surface area (Å²) in [5.74, 6) is -1.80. The second-order valence-corrected chi connectivity index (χ2v) is 4.42. The molecule has 1 saturated heterocycles. The Bertz CT molecular complexity index is 494. The van der Waals surface area contributed by atoms with Crippen molar-refractivity contribution in [2.45, 2.75) is 25.4 Å². The maximum Gasteiger partial charge on any atom is 0.339 e. The van der Waals surface area contributed by atoms with E-state index in [2.05, 4.69) is 5.32 Å². The molecule has 6 nitrogen and oxygen atoms in total. The van der Waals surface area contributed by atoms with Gasteiger partial charge in [-0.25, -0.2) is 4.79 Å². The fourth-order valence-electron chi connectivity index (χ4n) is 2.01. The molecular formula is C13H15NO5. The minimum atomic E-state index is -1.21. The van der Waals surface area contributed by atoms with Gasteiger partial charge in [-0.15, -0.1) is 0 Å². The number of benzene rings is 1. The molecule has 0 aromatic heterocycles. The molecule has 0 aliphatic carbocycles. The molecule has 0 radical (unpaired) electrons. The van der Waals surface area contributed by atoms with E-state index in [0.29, 0.717) is 12.3 Å². The highest BCUT2D eigenvalue weighted by molar-refractivity contribution is 5.94. The van der Waals surface area contributed by atoms with Crippen molar-refractivity contribution in [3.8, 4) is 5.75 Å². The predicted molar refractivity (Wildman–Crippen MR) is 67.3 cm³/mol. The van der Waals surface area contributed by atoms with Crippen LogP contribution in [0.15, 0.2) is 18.2 Å². The Balaban J connectivity index is 1.96. The van der Waals surface area contributed by atoms with Crippen LogP contribution in [0.1, 0.15) is 29.6 Å². The lowest BCUT2D eigenvalue weighted by atomic mass is 10.1. The molecule has 1 amide bonds. The summed E-state index contributed by atoms with van der Waals surface area (Å²) in [6.07, 6.45) is 2.05. The summed E-state index contributed by atoms with van der Waals surface area (Å²) in [6.45, 7) is 0.687. The molecule has 1 fully saturated rings. The number of anilines is 1. The topological polar surface area (TPSA) is 95.9 Å². The van der Waals surface area contributed by atoms with E-state index in [0.717, 1.165) is 12.8 Å². The Labute approximate surface area is 110 Å². The molecule has 1 heterocycles. The van der Waals surface area contributed by atoms with E-state index < -0.39 is 5.97 Å². The van der Waals surface area contributed by atoms with Crippen molar-refractivity contribution in [2.75, 3.05) is 11.9 Å². The standard InChI is InChI=1S/C13H15NO5/c15-11-6-8(3-4-10(11)13(17)18)14-12(16)7-9-2-1-5-19-9/h3-4,6,9,15H,1-2,5,7H2,(H,14,16)(H,17,18). The number of aromatic carboxylic acids is 1. The first kappa shape index (κ1) is 13.4. The lowest BCUT2D eigenvalue weighted by Crippen LogP contribution is -2.19. The number of hydrogen-bond donors (Lipinski definition) is 3. The summed E-state index contributed by atoms with van der Waals surface area (Å²) in [4.78, 5) is 22.4. The van der Waals surface area contributed by atoms with Crippen LogP contribution in [0.2, 0.25) is 0 Å². The maximum atomic E-state index is 11.7. The average Bonchev–Trinajstić information content (AvgIpc) is 2.81. The van der Waals surface area contributed by atoms with Crippen LogP contribution in [0, 0.1) is 0 Å². The summed E-state index contributed by atoms with van der Waals surface area (Å²) < 4.78 is 5.35. The van der Waals surface area contributed by atoms with Gasteiger partial charge in [0.2, 0.25) is 5.91 Å². The fourth-order valence-corrected chi connectivity index (χ4v) is 2.01. The van der Waals surface area contributed by atoms with Crippen LogP contribution >= 0.6 is 0 Å². The first-order valence-corrected chi connectivity index (χ1v) is 6.04. The van der Waals surface area contributed by atoms with Crippen molar-refractivity contribution < 1.29 is 24.5 Å². The van der Waals surface area contributed by atoms with Crippen molar-refractivity contribution in [1.82, 2.24) is 0 Å². The van der Waals surface area contributed by atoms with Gasteiger partial charge in [-0.3, -0.25) is 4.79 Å². The van der Waals surface area contributed by atoms with Crippen LogP contribution in [0.4, 0.5) is 5.69 Å². The SMILES string of the molecule is O=C(CC1CCCO1)Nc1ccc(C(=O)O)c(O)c1. The Hall–Kier alpha value is -2.08. The van der Waals surface area contributed by atoms with Gasteiger partial charge >= 0.3 is 5.97 Å². The zero-order chi connectivity index (χ0) is 13.8. The number of phenols is 1. The molecule has 1 aromatic rings. The molecule has 1 aliphatic heterocycles. The lowest BCUT2D eigenvalue weighted by Gasteiger charge is -2.10. The molecule has 1 aliphatic rings. The van der Waals surface area contributed by atoms with Crippen LogP contribution in [-0.2, 0) is 9.53 Å². The van der Waals surface area contributed by atoms with Gasteiger partial charge in [-0.05, 0) is 25.0 Å². The van der Waals surface area contributed by atoms with Crippen molar-refractivity contribution in [1.29, 1.82) is 0 Å². The van der Waals surface area contributed by atoms with Crippen molar-refractivity contribution >= 4 is 17.6 Å². The number of ether oxygens (including phenoxy) is 1. The summed E-state index contributed by atoms with van der Waals surface area (Å²) in [6, 6.07) is 3.91. The minimum absolute atomic E-state index is 0.0492. The molecule has 6 heteroatoms. The van der Waals surface area contributed by atoms with Gasteiger partial charge in [0.25, 0.3) is 0 Å². The number of carboxylic acid groups (broad SMARTS) is 1. The van der Waals surface area contributed by atoms with Crippen molar-refractivity contribution in [3.05, 3.63) is 23.8 Å². The number of rotatable bonds is 4. The molecule has 0 bridgehead atoms. The predicted octanol–water partition coefficient (Wildman–Crippen LogP) is 1.60. The molecule has 1 aromatic carbocycles. The van der Waals surface area contributed by atoms with Crippen molar-refractivity contribution in [3.63, 3.8) is 0 Å². The monoisotopic (exact) mass is 265 g/mol. The number of aromatic hydroxyl groups is 1. The van der Waals surface area contributed by atoms with Gasteiger partial charge in [0, 0.05) is 18.4 Å². The zero-order valence-electron chi connectivity index (χ0n) is 10.3. The number of carboxylic acids is 1. The molecule has 0 saturated carbocycles. The molecule has 2 rings (SSSR count). The summed E-state index contributed by atoms with van der Waals surface area (Å²) in [7, 11) is 0. The van der Waals surface area contributed by atoms with E-state index in [9.17, 15) is 14.7 Å². The van der Waals surface area contributed by atoms with E-state index in [1.807, 2.05) is 0 Å². The molecule has 1 unspecified atom stereocenters. The number of nitrogens with one attached hydrogen (secondary N) is 1. The van der Waals surface area contributed by atoms with E-state index in [1.54, 1.807) is 0 Å². The third kappa shape index (κ3) is 3.45. The summed E-state index contributed by atoms with van der Waals surface area (Å²) >= 11 is 0. The van der Waals surface area contributed by atoms with Crippen LogP contribution in [0.25, 0.3) is 0 Å². The Kier molecular flexibility index (Phi) is 4.01. The zero-order valence-corrected chi connectivity index (χ0v) is 10.3. The largest absolute Gasteiger partial charge is 0.507 e. The van der Waals surface area contributed by atoms with Gasteiger partial charge < -0.3 is 20.3 Å². The maximum absolute atomic E-state index is 11.7. The third-order valence-electron chi connectivity index (χ3n) is 2.95. The van der Waals surface area contributed by atoms with Crippen LogP contribution in [0.5, 0.6) is 5.75 Å². The van der Waals surface area contributed by atoms with E-state index in [4.69, 9.17) is 9.84 Å². The first-order valence-electron chi connectivity index (χ1n) is 6.04. The fraction of sp³-hybridized carbons (Fsp3) is 0.385. The summed E-state index contributed by atoms with van der Waals surface area (Å²) in [5, 5.41) is 20.9. The highest BCUT2D eigenvalue weighted by atomic mass is 16.5. The lowest BCUT2D eigenvalue weighted by molar-refractivity contribution is -0.118. The van der Waals surface area contributed by atoms with E-state index in [-0.39, 0.29) is 29.7 Å². The van der Waals surface area contributed by atoms with Crippen LogP contribution < -0.4 is 5.32 Å². The Morgan fingerprint density at radius 1 is 1.42 bits per heavy atom. The number of amides is 1. The molecule has 1 atom stereocenters.